The molecular weight excluding hydrogens is 188 g/mol. The first-order valence-electron chi connectivity index (χ1n) is 5.43. The third-order valence-electron chi connectivity index (χ3n) is 2.70. The van der Waals surface area contributed by atoms with Crippen molar-refractivity contribution in [2.24, 2.45) is 0 Å². The van der Waals surface area contributed by atoms with Gasteiger partial charge in [-0.05, 0) is 37.8 Å². The maximum atomic E-state index is 9.35. The summed E-state index contributed by atoms with van der Waals surface area (Å²) in [5.41, 5.74) is 2.27. The summed E-state index contributed by atoms with van der Waals surface area (Å²) >= 11 is 0. The van der Waals surface area contributed by atoms with Crippen molar-refractivity contribution < 1.29 is 9.84 Å². The molecule has 84 valence electrons. The van der Waals surface area contributed by atoms with Crippen molar-refractivity contribution in [1.29, 1.82) is 0 Å². The highest BCUT2D eigenvalue weighted by molar-refractivity contribution is 5.23. The van der Waals surface area contributed by atoms with Crippen molar-refractivity contribution in [3.8, 4) is 0 Å². The number of rotatable bonds is 5. The Morgan fingerprint density at radius 1 is 1.20 bits per heavy atom. The number of hydrogen-bond acceptors (Lipinski definition) is 2. The second kappa shape index (κ2) is 5.89. The first-order valence-corrected chi connectivity index (χ1v) is 5.43. The molecule has 2 heteroatoms. The zero-order valence-electron chi connectivity index (χ0n) is 9.73. The zero-order valence-corrected chi connectivity index (χ0v) is 9.73. The number of ether oxygens (including phenoxy) is 1. The summed E-state index contributed by atoms with van der Waals surface area (Å²) in [5.74, 6) is 0. The molecule has 0 amide bonds. The second-order valence-corrected chi connectivity index (χ2v) is 4.00. The van der Waals surface area contributed by atoms with Gasteiger partial charge in [-0.15, -0.1) is 0 Å². The lowest BCUT2D eigenvalue weighted by molar-refractivity contribution is 0.111. The van der Waals surface area contributed by atoms with Crippen LogP contribution in [0.5, 0.6) is 0 Å². The van der Waals surface area contributed by atoms with Crippen LogP contribution in [0, 0.1) is 0 Å². The van der Waals surface area contributed by atoms with Crippen LogP contribution in [-0.2, 0) is 11.2 Å². The van der Waals surface area contributed by atoms with E-state index >= 15 is 0 Å². The zero-order chi connectivity index (χ0) is 11.3. The molecule has 15 heavy (non-hydrogen) atoms. The summed E-state index contributed by atoms with van der Waals surface area (Å²) in [5, 5.41) is 9.35. The van der Waals surface area contributed by atoms with Gasteiger partial charge < -0.3 is 9.84 Å². The molecule has 0 fully saturated rings. The highest BCUT2D eigenvalue weighted by Gasteiger charge is 2.02. The van der Waals surface area contributed by atoms with E-state index in [-0.39, 0.29) is 6.10 Å². The number of methoxy groups -OCH3 is 1. The molecule has 0 bridgehead atoms. The maximum absolute atomic E-state index is 9.35. The Kier molecular flexibility index (Phi) is 4.79. The van der Waals surface area contributed by atoms with Crippen molar-refractivity contribution in [2.75, 3.05) is 7.11 Å². The number of benzene rings is 1. The fourth-order valence-electron chi connectivity index (χ4n) is 1.45. The Morgan fingerprint density at radius 2 is 1.80 bits per heavy atom. The van der Waals surface area contributed by atoms with Crippen LogP contribution in [0.4, 0.5) is 0 Å². The van der Waals surface area contributed by atoms with E-state index < -0.39 is 0 Å². The van der Waals surface area contributed by atoms with E-state index in [1.54, 1.807) is 14.0 Å². The van der Waals surface area contributed by atoms with Crippen LogP contribution in [0.2, 0.25) is 0 Å². The molecule has 0 aliphatic carbocycles. The van der Waals surface area contributed by atoms with Crippen molar-refractivity contribution in [3.63, 3.8) is 0 Å². The Bertz CT molecular complexity index is 277. The average molecular weight is 208 g/mol. The predicted molar refractivity (Wildman–Crippen MR) is 61.9 cm³/mol. The van der Waals surface area contributed by atoms with Crippen LogP contribution in [0.1, 0.15) is 37.5 Å². The molecule has 0 aromatic heterocycles. The van der Waals surface area contributed by atoms with Crippen molar-refractivity contribution in [1.82, 2.24) is 0 Å². The van der Waals surface area contributed by atoms with Gasteiger partial charge in [0.25, 0.3) is 0 Å². The van der Waals surface area contributed by atoms with Crippen molar-refractivity contribution in [2.45, 2.75) is 38.9 Å². The highest BCUT2D eigenvalue weighted by Crippen LogP contribution is 2.14. The molecule has 0 spiro atoms. The summed E-state index contributed by atoms with van der Waals surface area (Å²) in [4.78, 5) is 0. The Hall–Kier alpha value is -0.860. The minimum atomic E-state index is -0.378. The number of hydrogen-bond donors (Lipinski definition) is 1. The minimum Gasteiger partial charge on any atom is -0.389 e. The first kappa shape index (κ1) is 12.2. The van der Waals surface area contributed by atoms with Gasteiger partial charge >= 0.3 is 0 Å². The number of aliphatic hydroxyl groups excluding tert-OH is 1. The fraction of sp³-hybridized carbons (Fsp3) is 0.538. The predicted octanol–water partition coefficient (Wildman–Crippen LogP) is 2.71. The number of aryl methyl sites for hydroxylation is 1. The van der Waals surface area contributed by atoms with Gasteiger partial charge in [0.05, 0.1) is 12.2 Å². The van der Waals surface area contributed by atoms with Crippen molar-refractivity contribution in [3.05, 3.63) is 35.4 Å². The molecule has 2 atom stereocenters. The molecule has 1 aromatic carbocycles. The fourth-order valence-corrected chi connectivity index (χ4v) is 1.45. The van der Waals surface area contributed by atoms with Crippen LogP contribution < -0.4 is 0 Å². The topological polar surface area (TPSA) is 29.5 Å². The summed E-state index contributed by atoms with van der Waals surface area (Å²) in [7, 11) is 1.74. The standard InChI is InChI=1S/C13H20O2/c1-10(15-3)4-5-12-6-8-13(9-7-12)11(2)14/h6-11,14H,4-5H2,1-3H3. The van der Waals surface area contributed by atoms with Crippen LogP contribution >= 0.6 is 0 Å². The van der Waals surface area contributed by atoms with Crippen molar-refractivity contribution >= 4 is 0 Å². The van der Waals surface area contributed by atoms with Gasteiger partial charge in [0.15, 0.2) is 0 Å². The molecule has 0 aliphatic rings. The van der Waals surface area contributed by atoms with Gasteiger partial charge in [0, 0.05) is 7.11 Å². The monoisotopic (exact) mass is 208 g/mol. The molecule has 1 aromatic rings. The van der Waals surface area contributed by atoms with E-state index in [9.17, 15) is 5.11 Å². The summed E-state index contributed by atoms with van der Waals surface area (Å²) < 4.78 is 5.19. The van der Waals surface area contributed by atoms with E-state index in [0.717, 1.165) is 18.4 Å². The van der Waals surface area contributed by atoms with Gasteiger partial charge in [-0.25, -0.2) is 0 Å². The quantitative estimate of drug-likeness (QED) is 0.806. The summed E-state index contributed by atoms with van der Waals surface area (Å²) in [6.45, 7) is 3.85. The van der Waals surface area contributed by atoms with Crippen LogP contribution in [0.25, 0.3) is 0 Å². The molecular formula is C13H20O2. The van der Waals surface area contributed by atoms with E-state index in [2.05, 4.69) is 19.1 Å². The lowest BCUT2D eigenvalue weighted by atomic mass is 10.0. The SMILES string of the molecule is COC(C)CCc1ccc(C(C)O)cc1. The lowest BCUT2D eigenvalue weighted by Crippen LogP contribution is -2.05. The van der Waals surface area contributed by atoms with Crippen LogP contribution in [0.3, 0.4) is 0 Å². The largest absolute Gasteiger partial charge is 0.389 e. The Morgan fingerprint density at radius 3 is 2.27 bits per heavy atom. The van der Waals surface area contributed by atoms with Gasteiger partial charge in [0.2, 0.25) is 0 Å². The molecule has 0 heterocycles. The van der Waals surface area contributed by atoms with E-state index in [1.807, 2.05) is 12.1 Å². The smallest absolute Gasteiger partial charge is 0.0761 e. The Balaban J connectivity index is 2.50. The minimum absolute atomic E-state index is 0.307. The molecule has 2 unspecified atom stereocenters. The van der Waals surface area contributed by atoms with E-state index in [0.29, 0.717) is 6.10 Å². The number of aliphatic hydroxyl groups is 1. The first-order chi connectivity index (χ1) is 7.13. The molecule has 0 saturated carbocycles. The normalized spacial score (nSPS) is 14.9. The van der Waals surface area contributed by atoms with E-state index in [4.69, 9.17) is 4.74 Å². The van der Waals surface area contributed by atoms with Gasteiger partial charge in [-0.1, -0.05) is 24.3 Å². The molecule has 2 nitrogen and oxygen atoms in total. The van der Waals surface area contributed by atoms with Gasteiger partial charge in [-0.3, -0.25) is 0 Å². The second-order valence-electron chi connectivity index (χ2n) is 4.00. The summed E-state index contributed by atoms with van der Waals surface area (Å²) in [6, 6.07) is 8.11. The highest BCUT2D eigenvalue weighted by atomic mass is 16.5. The van der Waals surface area contributed by atoms with Gasteiger partial charge in [-0.2, -0.15) is 0 Å². The molecule has 0 radical (unpaired) electrons. The molecule has 1 rings (SSSR count). The lowest BCUT2D eigenvalue weighted by Gasteiger charge is -2.10. The molecule has 0 aliphatic heterocycles. The third-order valence-corrected chi connectivity index (χ3v) is 2.70. The Labute approximate surface area is 91.9 Å². The van der Waals surface area contributed by atoms with Crippen LogP contribution in [-0.4, -0.2) is 18.3 Å². The van der Waals surface area contributed by atoms with E-state index in [1.165, 1.54) is 5.56 Å². The molecule has 0 saturated heterocycles. The average Bonchev–Trinajstić information content (AvgIpc) is 2.26. The summed E-state index contributed by atoms with van der Waals surface area (Å²) in [6.07, 6.45) is 1.98. The third kappa shape index (κ3) is 4.02. The van der Waals surface area contributed by atoms with Gasteiger partial charge in [0.1, 0.15) is 0 Å². The van der Waals surface area contributed by atoms with Crippen LogP contribution in [0.15, 0.2) is 24.3 Å². The molecule has 1 N–H and O–H groups in total. The maximum Gasteiger partial charge on any atom is 0.0761 e.